The fraction of sp³-hybridized carbons (Fsp3) is 0.235. The Balaban J connectivity index is 1.87. The Morgan fingerprint density at radius 3 is 2.78 bits per heavy atom. The van der Waals surface area contributed by atoms with E-state index in [4.69, 9.17) is 27.9 Å². The molecule has 1 unspecified atom stereocenters. The fourth-order valence-corrected chi connectivity index (χ4v) is 2.81. The number of anilines is 2. The van der Waals surface area contributed by atoms with Crippen LogP contribution >= 0.6 is 23.2 Å². The Labute approximate surface area is 144 Å². The standard InChI is InChI=1S/C17H16Cl2N2O2/c1-10-3-5-13(8-14(10)19)20-17(22)21-9-11(2)23-16-6-4-12(18)7-15(16)21/h3-8,11H,9H2,1-2H3,(H,20,22). The lowest BCUT2D eigenvalue weighted by Crippen LogP contribution is -2.44. The number of hydrogen-bond acceptors (Lipinski definition) is 2. The highest BCUT2D eigenvalue weighted by Gasteiger charge is 2.28. The summed E-state index contributed by atoms with van der Waals surface area (Å²) in [5.41, 5.74) is 2.27. The lowest BCUT2D eigenvalue weighted by atomic mass is 10.2. The number of fused-ring (bicyclic) bond motifs is 1. The van der Waals surface area contributed by atoms with Crippen molar-refractivity contribution in [2.45, 2.75) is 20.0 Å². The minimum absolute atomic E-state index is 0.101. The molecular weight excluding hydrogens is 335 g/mol. The summed E-state index contributed by atoms with van der Waals surface area (Å²) < 4.78 is 5.75. The first kappa shape index (κ1) is 16.0. The summed E-state index contributed by atoms with van der Waals surface area (Å²) in [6, 6.07) is 10.4. The van der Waals surface area contributed by atoms with Gasteiger partial charge < -0.3 is 10.1 Å². The number of nitrogens with zero attached hydrogens (tertiary/aromatic N) is 1. The normalized spacial score (nSPS) is 16.5. The van der Waals surface area contributed by atoms with Crippen LogP contribution in [-0.2, 0) is 0 Å². The number of ether oxygens (including phenoxy) is 1. The van der Waals surface area contributed by atoms with Gasteiger partial charge in [0.1, 0.15) is 11.9 Å². The van der Waals surface area contributed by atoms with Gasteiger partial charge in [0.15, 0.2) is 0 Å². The van der Waals surface area contributed by atoms with Crippen LogP contribution in [0.1, 0.15) is 12.5 Å². The van der Waals surface area contributed by atoms with Gasteiger partial charge in [0.05, 0.1) is 12.2 Å². The van der Waals surface area contributed by atoms with Gasteiger partial charge in [0.25, 0.3) is 0 Å². The number of rotatable bonds is 1. The number of hydrogen-bond donors (Lipinski definition) is 1. The monoisotopic (exact) mass is 350 g/mol. The maximum atomic E-state index is 12.7. The van der Waals surface area contributed by atoms with Crippen LogP contribution in [0.3, 0.4) is 0 Å². The summed E-state index contributed by atoms with van der Waals surface area (Å²) >= 11 is 12.2. The first-order valence-electron chi connectivity index (χ1n) is 7.25. The molecule has 2 aromatic rings. The second kappa shape index (κ2) is 6.30. The number of benzene rings is 2. The van der Waals surface area contributed by atoms with Crippen molar-refractivity contribution in [2.24, 2.45) is 0 Å². The van der Waals surface area contributed by atoms with Crippen LogP contribution in [0.5, 0.6) is 5.75 Å². The SMILES string of the molecule is Cc1ccc(NC(=O)N2CC(C)Oc3ccc(Cl)cc32)cc1Cl. The summed E-state index contributed by atoms with van der Waals surface area (Å²) in [4.78, 5) is 14.3. The van der Waals surface area contributed by atoms with Gasteiger partial charge in [0, 0.05) is 15.7 Å². The average molecular weight is 351 g/mol. The van der Waals surface area contributed by atoms with E-state index in [1.165, 1.54) is 0 Å². The quantitative estimate of drug-likeness (QED) is 0.775. The molecule has 0 aromatic heterocycles. The Hall–Kier alpha value is -1.91. The van der Waals surface area contributed by atoms with Crippen LogP contribution in [0.15, 0.2) is 36.4 Å². The molecule has 0 fully saturated rings. The third-order valence-electron chi connectivity index (χ3n) is 3.65. The highest BCUT2D eigenvalue weighted by molar-refractivity contribution is 6.32. The Bertz CT molecular complexity index is 764. The number of carbonyl (C=O) groups excluding carboxylic acids is 1. The van der Waals surface area contributed by atoms with Crippen molar-refractivity contribution in [3.05, 3.63) is 52.0 Å². The molecule has 0 bridgehead atoms. The molecule has 2 aromatic carbocycles. The van der Waals surface area contributed by atoms with E-state index in [0.29, 0.717) is 33.7 Å². The van der Waals surface area contributed by atoms with Gasteiger partial charge in [-0.05, 0) is 49.7 Å². The van der Waals surface area contributed by atoms with E-state index in [1.807, 2.05) is 26.0 Å². The van der Waals surface area contributed by atoms with Crippen molar-refractivity contribution in [1.29, 1.82) is 0 Å². The minimum Gasteiger partial charge on any atom is -0.487 e. The van der Waals surface area contributed by atoms with E-state index < -0.39 is 0 Å². The van der Waals surface area contributed by atoms with E-state index in [1.54, 1.807) is 29.2 Å². The van der Waals surface area contributed by atoms with Gasteiger partial charge in [0.2, 0.25) is 0 Å². The predicted molar refractivity (Wildman–Crippen MR) is 94.1 cm³/mol. The van der Waals surface area contributed by atoms with Gasteiger partial charge >= 0.3 is 6.03 Å². The van der Waals surface area contributed by atoms with Gasteiger partial charge in [-0.1, -0.05) is 29.3 Å². The molecule has 0 spiro atoms. The van der Waals surface area contributed by atoms with Crippen molar-refractivity contribution in [3.8, 4) is 5.75 Å². The number of halogens is 2. The molecule has 6 heteroatoms. The fourth-order valence-electron chi connectivity index (χ4n) is 2.46. The zero-order valence-electron chi connectivity index (χ0n) is 12.8. The van der Waals surface area contributed by atoms with Gasteiger partial charge in [-0.3, -0.25) is 4.90 Å². The lowest BCUT2D eigenvalue weighted by Gasteiger charge is -2.33. The Morgan fingerprint density at radius 1 is 1.26 bits per heavy atom. The van der Waals surface area contributed by atoms with Crippen molar-refractivity contribution < 1.29 is 9.53 Å². The second-order valence-electron chi connectivity index (χ2n) is 5.55. The summed E-state index contributed by atoms with van der Waals surface area (Å²) in [6.07, 6.45) is -0.101. The average Bonchev–Trinajstić information content (AvgIpc) is 2.50. The zero-order chi connectivity index (χ0) is 16.6. The van der Waals surface area contributed by atoms with Crippen LogP contribution in [0.25, 0.3) is 0 Å². The molecule has 23 heavy (non-hydrogen) atoms. The first-order valence-corrected chi connectivity index (χ1v) is 8.00. The molecule has 0 radical (unpaired) electrons. The van der Waals surface area contributed by atoms with Crippen LogP contribution in [0.4, 0.5) is 16.2 Å². The van der Waals surface area contributed by atoms with Crippen LogP contribution in [0.2, 0.25) is 10.0 Å². The van der Waals surface area contributed by atoms with Crippen molar-refractivity contribution >= 4 is 40.6 Å². The molecule has 4 nitrogen and oxygen atoms in total. The predicted octanol–water partition coefficient (Wildman–Crippen LogP) is 5.12. The van der Waals surface area contributed by atoms with Crippen LogP contribution in [-0.4, -0.2) is 18.7 Å². The van der Waals surface area contributed by atoms with E-state index in [-0.39, 0.29) is 12.1 Å². The van der Waals surface area contributed by atoms with E-state index in [9.17, 15) is 4.79 Å². The molecule has 0 saturated carbocycles. The molecule has 120 valence electrons. The molecule has 1 N–H and O–H groups in total. The third kappa shape index (κ3) is 3.38. The molecule has 0 saturated heterocycles. The zero-order valence-corrected chi connectivity index (χ0v) is 14.3. The summed E-state index contributed by atoms with van der Waals surface area (Å²) in [6.45, 7) is 4.27. The van der Waals surface area contributed by atoms with Gasteiger partial charge in [-0.2, -0.15) is 0 Å². The Kier molecular flexibility index (Phi) is 4.37. The van der Waals surface area contributed by atoms with Crippen molar-refractivity contribution in [3.63, 3.8) is 0 Å². The molecule has 3 rings (SSSR count). The van der Waals surface area contributed by atoms with Crippen molar-refractivity contribution in [2.75, 3.05) is 16.8 Å². The van der Waals surface area contributed by atoms with Gasteiger partial charge in [-0.15, -0.1) is 0 Å². The van der Waals surface area contributed by atoms with Crippen LogP contribution in [0, 0.1) is 6.92 Å². The van der Waals surface area contributed by atoms with Crippen LogP contribution < -0.4 is 15.0 Å². The first-order chi connectivity index (χ1) is 10.9. The maximum Gasteiger partial charge on any atom is 0.326 e. The largest absolute Gasteiger partial charge is 0.487 e. The van der Waals surface area contributed by atoms with Gasteiger partial charge in [-0.25, -0.2) is 4.79 Å². The summed E-state index contributed by atoms with van der Waals surface area (Å²) in [5.74, 6) is 0.644. The molecule has 2 amide bonds. The summed E-state index contributed by atoms with van der Waals surface area (Å²) in [7, 11) is 0. The minimum atomic E-state index is -0.247. The number of nitrogens with one attached hydrogen (secondary N) is 1. The maximum absolute atomic E-state index is 12.7. The molecule has 1 aliphatic rings. The molecule has 1 atom stereocenters. The van der Waals surface area contributed by atoms with E-state index in [2.05, 4.69) is 5.32 Å². The number of urea groups is 1. The number of aryl methyl sites for hydroxylation is 1. The van der Waals surface area contributed by atoms with Crippen molar-refractivity contribution in [1.82, 2.24) is 0 Å². The highest BCUT2D eigenvalue weighted by atomic mass is 35.5. The Morgan fingerprint density at radius 2 is 2.04 bits per heavy atom. The lowest BCUT2D eigenvalue weighted by molar-refractivity contribution is 0.208. The highest BCUT2D eigenvalue weighted by Crippen LogP contribution is 2.36. The topological polar surface area (TPSA) is 41.6 Å². The summed E-state index contributed by atoms with van der Waals surface area (Å²) in [5, 5.41) is 4.03. The molecule has 1 aliphatic heterocycles. The molecule has 0 aliphatic carbocycles. The molecule has 1 heterocycles. The third-order valence-corrected chi connectivity index (χ3v) is 4.29. The second-order valence-corrected chi connectivity index (χ2v) is 6.39. The van der Waals surface area contributed by atoms with E-state index in [0.717, 1.165) is 5.56 Å². The number of amides is 2. The molecular formula is C17H16Cl2N2O2. The van der Waals surface area contributed by atoms with E-state index >= 15 is 0 Å². The smallest absolute Gasteiger partial charge is 0.326 e. The number of carbonyl (C=O) groups is 1.